The van der Waals surface area contributed by atoms with Crippen molar-refractivity contribution in [1.82, 2.24) is 4.72 Å². The summed E-state index contributed by atoms with van der Waals surface area (Å²) in [6, 6.07) is 2.70. The second-order valence-corrected chi connectivity index (χ2v) is 7.47. The third-order valence-corrected chi connectivity index (χ3v) is 5.58. The van der Waals surface area contributed by atoms with Crippen LogP contribution in [0.2, 0.25) is 10.0 Å². The second-order valence-electron chi connectivity index (χ2n) is 5.00. The van der Waals surface area contributed by atoms with E-state index < -0.39 is 15.6 Å². The summed E-state index contributed by atoms with van der Waals surface area (Å²) < 4.78 is 32.7. The minimum atomic E-state index is -3.85. The molecule has 0 saturated carbocycles. The summed E-state index contributed by atoms with van der Waals surface area (Å²) in [4.78, 5) is -0.135. The third kappa shape index (κ3) is 3.27. The zero-order chi connectivity index (χ0) is 15.0. The molecule has 1 unspecified atom stereocenters. The van der Waals surface area contributed by atoms with Gasteiger partial charge in [0.25, 0.3) is 0 Å². The number of nitrogens with one attached hydrogen (secondary N) is 1. The molecule has 0 spiro atoms. The fourth-order valence-corrected chi connectivity index (χ4v) is 4.40. The highest BCUT2D eigenvalue weighted by atomic mass is 35.5. The van der Waals surface area contributed by atoms with Crippen molar-refractivity contribution in [3.8, 4) is 0 Å². The van der Waals surface area contributed by atoms with Gasteiger partial charge in [-0.2, -0.15) is 0 Å². The van der Waals surface area contributed by atoms with E-state index in [1.54, 1.807) is 6.92 Å². The van der Waals surface area contributed by atoms with E-state index in [4.69, 9.17) is 27.9 Å². The van der Waals surface area contributed by atoms with Crippen molar-refractivity contribution in [2.75, 3.05) is 13.2 Å². The van der Waals surface area contributed by atoms with Crippen LogP contribution < -0.4 is 4.72 Å². The van der Waals surface area contributed by atoms with E-state index in [0.29, 0.717) is 19.6 Å². The van der Waals surface area contributed by atoms with Gasteiger partial charge in [-0.05, 0) is 31.0 Å². The van der Waals surface area contributed by atoms with Gasteiger partial charge >= 0.3 is 0 Å². The lowest BCUT2D eigenvalue weighted by Gasteiger charge is -2.24. The Morgan fingerprint density at radius 3 is 2.70 bits per heavy atom. The molecule has 0 aliphatic carbocycles. The van der Waals surface area contributed by atoms with Gasteiger partial charge in [-0.3, -0.25) is 0 Å². The molecule has 8 heteroatoms. The number of aliphatic hydroxyl groups is 1. The highest BCUT2D eigenvalue weighted by Crippen LogP contribution is 2.31. The van der Waals surface area contributed by atoms with Crippen molar-refractivity contribution in [2.24, 2.45) is 0 Å². The van der Waals surface area contributed by atoms with Crippen molar-refractivity contribution in [3.05, 3.63) is 27.7 Å². The second kappa shape index (κ2) is 5.79. The molecular weight excluding hydrogens is 325 g/mol. The average molecular weight is 340 g/mol. The largest absolute Gasteiger partial charge is 0.392 e. The van der Waals surface area contributed by atoms with Gasteiger partial charge < -0.3 is 9.84 Å². The lowest BCUT2D eigenvalue weighted by atomic mass is 10.0. The number of hydrogen-bond acceptors (Lipinski definition) is 4. The minimum absolute atomic E-state index is 0.0214. The van der Waals surface area contributed by atoms with E-state index in [2.05, 4.69) is 4.72 Å². The fraction of sp³-hybridized carbons (Fsp3) is 0.500. The highest BCUT2D eigenvalue weighted by molar-refractivity contribution is 7.89. The monoisotopic (exact) mass is 339 g/mol. The molecular formula is C12H15Cl2NO4S. The van der Waals surface area contributed by atoms with E-state index in [9.17, 15) is 13.5 Å². The van der Waals surface area contributed by atoms with Crippen LogP contribution >= 0.6 is 23.2 Å². The maximum atomic E-state index is 12.4. The lowest BCUT2D eigenvalue weighted by Crippen LogP contribution is -2.46. The molecule has 1 saturated heterocycles. The lowest BCUT2D eigenvalue weighted by molar-refractivity contribution is 0.178. The maximum Gasteiger partial charge on any atom is 0.242 e. The first-order valence-corrected chi connectivity index (χ1v) is 8.22. The van der Waals surface area contributed by atoms with Gasteiger partial charge in [0.2, 0.25) is 10.0 Å². The molecule has 5 nitrogen and oxygen atoms in total. The molecule has 1 aliphatic rings. The van der Waals surface area contributed by atoms with Gasteiger partial charge in [-0.1, -0.05) is 23.2 Å². The van der Waals surface area contributed by atoms with Gasteiger partial charge in [0.15, 0.2) is 0 Å². The molecule has 1 aromatic rings. The summed E-state index contributed by atoms with van der Waals surface area (Å²) >= 11 is 11.9. The molecule has 112 valence electrons. The number of rotatable bonds is 4. The Morgan fingerprint density at radius 2 is 2.15 bits per heavy atom. The Labute approximate surface area is 127 Å². The van der Waals surface area contributed by atoms with Crippen LogP contribution in [-0.2, 0) is 21.4 Å². The minimum Gasteiger partial charge on any atom is -0.392 e. The van der Waals surface area contributed by atoms with E-state index in [-0.39, 0.29) is 27.1 Å². The third-order valence-electron chi connectivity index (χ3n) is 3.14. The van der Waals surface area contributed by atoms with Gasteiger partial charge in [0.05, 0.1) is 23.8 Å². The highest BCUT2D eigenvalue weighted by Gasteiger charge is 2.35. The number of benzene rings is 1. The van der Waals surface area contributed by atoms with Crippen LogP contribution in [0.1, 0.15) is 18.9 Å². The Hall–Kier alpha value is -0.370. The Morgan fingerprint density at radius 1 is 1.45 bits per heavy atom. The predicted molar refractivity (Wildman–Crippen MR) is 76.5 cm³/mol. The van der Waals surface area contributed by atoms with Gasteiger partial charge in [-0.15, -0.1) is 0 Å². The predicted octanol–water partition coefficient (Wildman–Crippen LogP) is 1.94. The van der Waals surface area contributed by atoms with Crippen LogP contribution in [0.5, 0.6) is 0 Å². The van der Waals surface area contributed by atoms with Crippen molar-refractivity contribution in [1.29, 1.82) is 0 Å². The number of sulfonamides is 1. The first-order chi connectivity index (χ1) is 9.27. The van der Waals surface area contributed by atoms with Gasteiger partial charge in [-0.25, -0.2) is 13.1 Å². The summed E-state index contributed by atoms with van der Waals surface area (Å²) in [5.41, 5.74) is -0.392. The quantitative estimate of drug-likeness (QED) is 0.878. The summed E-state index contributed by atoms with van der Waals surface area (Å²) in [6.07, 6.45) is 0.581. The molecule has 1 fully saturated rings. The smallest absolute Gasteiger partial charge is 0.242 e. The van der Waals surface area contributed by atoms with Crippen LogP contribution in [0.3, 0.4) is 0 Å². The molecule has 2 rings (SSSR count). The van der Waals surface area contributed by atoms with E-state index in [0.717, 1.165) is 0 Å². The maximum absolute atomic E-state index is 12.4. The number of aliphatic hydroxyl groups excluding tert-OH is 1. The first kappa shape index (κ1) is 16.0. The molecule has 1 heterocycles. The van der Waals surface area contributed by atoms with Crippen LogP contribution in [0.15, 0.2) is 17.0 Å². The fourth-order valence-electron chi connectivity index (χ4n) is 2.06. The molecule has 0 amide bonds. The molecule has 20 heavy (non-hydrogen) atoms. The summed E-state index contributed by atoms with van der Waals surface area (Å²) in [6.45, 7) is 2.19. The van der Waals surface area contributed by atoms with Gasteiger partial charge in [0, 0.05) is 11.6 Å². The molecule has 1 aromatic carbocycles. The van der Waals surface area contributed by atoms with Crippen molar-refractivity contribution in [2.45, 2.75) is 30.4 Å². The Balaban J connectivity index is 2.41. The zero-order valence-corrected chi connectivity index (χ0v) is 13.1. The first-order valence-electron chi connectivity index (χ1n) is 5.98. The van der Waals surface area contributed by atoms with Crippen LogP contribution in [0, 0.1) is 0 Å². The van der Waals surface area contributed by atoms with Crippen molar-refractivity contribution in [3.63, 3.8) is 0 Å². The Bertz CT molecular complexity index is 612. The van der Waals surface area contributed by atoms with Crippen LogP contribution in [0.4, 0.5) is 0 Å². The van der Waals surface area contributed by atoms with Crippen molar-refractivity contribution < 1.29 is 18.3 Å². The molecule has 1 atom stereocenters. The summed E-state index contributed by atoms with van der Waals surface area (Å²) in [7, 11) is -3.85. The standard InChI is InChI=1S/C12H15Cl2NO4S/c1-12(2-3-19-7-12)15-20(17,18)10-5-9(13)4-8(6-16)11(10)14/h4-5,15-16H,2-3,6-7H2,1H3. The van der Waals surface area contributed by atoms with E-state index in [1.807, 2.05) is 0 Å². The Kier molecular flexibility index (Phi) is 4.63. The molecule has 0 bridgehead atoms. The molecule has 1 aliphatic heterocycles. The molecule has 0 radical (unpaired) electrons. The SMILES string of the molecule is CC1(NS(=O)(=O)c2cc(Cl)cc(CO)c2Cl)CCOC1. The number of ether oxygens (including phenoxy) is 1. The molecule has 0 aromatic heterocycles. The van der Waals surface area contributed by atoms with Crippen LogP contribution in [0.25, 0.3) is 0 Å². The van der Waals surface area contributed by atoms with E-state index >= 15 is 0 Å². The average Bonchev–Trinajstić information content (AvgIpc) is 2.77. The van der Waals surface area contributed by atoms with Crippen LogP contribution in [-0.4, -0.2) is 32.3 Å². The molecule has 2 N–H and O–H groups in total. The topological polar surface area (TPSA) is 75.6 Å². The normalized spacial score (nSPS) is 23.2. The summed E-state index contributed by atoms with van der Waals surface area (Å²) in [5, 5.41) is 9.37. The van der Waals surface area contributed by atoms with Crippen molar-refractivity contribution >= 4 is 33.2 Å². The van der Waals surface area contributed by atoms with Gasteiger partial charge in [0.1, 0.15) is 4.90 Å². The number of halogens is 2. The number of hydrogen-bond donors (Lipinski definition) is 2. The van der Waals surface area contributed by atoms with E-state index in [1.165, 1.54) is 12.1 Å². The zero-order valence-electron chi connectivity index (χ0n) is 10.8. The summed E-state index contributed by atoms with van der Waals surface area (Å²) in [5.74, 6) is 0.